The molecule has 2 atom stereocenters. The van der Waals surface area contributed by atoms with Gasteiger partial charge in [0.25, 0.3) is 0 Å². The molecule has 9 heteroatoms. The number of imide groups is 1. The van der Waals surface area contributed by atoms with Crippen molar-refractivity contribution in [3.63, 3.8) is 0 Å². The van der Waals surface area contributed by atoms with E-state index in [0.717, 1.165) is 0 Å². The van der Waals surface area contributed by atoms with E-state index < -0.39 is 36.0 Å². The largest absolute Gasteiger partial charge is 0.481 e. The maximum Gasteiger partial charge on any atom is 0.321 e. The molecule has 0 saturated carbocycles. The number of hydrogen-bond donors (Lipinski definition) is 2. The number of urea groups is 1. The summed E-state index contributed by atoms with van der Waals surface area (Å²) < 4.78 is 5.29. The Morgan fingerprint density at radius 1 is 1.43 bits per heavy atom. The highest BCUT2D eigenvalue weighted by Crippen LogP contribution is 2.14. The summed E-state index contributed by atoms with van der Waals surface area (Å²) in [4.78, 5) is 48.6. The van der Waals surface area contributed by atoms with Crippen molar-refractivity contribution in [1.29, 1.82) is 0 Å². The second-order valence-electron chi connectivity index (χ2n) is 5.04. The molecule has 9 nitrogen and oxygen atoms in total. The molecule has 0 aromatic carbocycles. The van der Waals surface area contributed by atoms with E-state index in [2.05, 4.69) is 5.32 Å². The number of carboxylic acids is 1. The lowest BCUT2D eigenvalue weighted by Crippen LogP contribution is -2.62. The Bertz CT molecular complexity index is 480. The highest BCUT2D eigenvalue weighted by atomic mass is 16.5. The molecular weight excluding hydrogens is 282 g/mol. The van der Waals surface area contributed by atoms with Gasteiger partial charge in [0, 0.05) is 13.1 Å². The average molecular weight is 299 g/mol. The number of nitrogens with zero attached hydrogens (tertiary/aromatic N) is 2. The van der Waals surface area contributed by atoms with Gasteiger partial charge in [-0.2, -0.15) is 0 Å². The number of carboxylic acid groups (broad SMARTS) is 1. The molecule has 0 bridgehead atoms. The molecule has 2 heterocycles. The summed E-state index contributed by atoms with van der Waals surface area (Å²) in [6.07, 6.45) is -0.775. The zero-order valence-corrected chi connectivity index (χ0v) is 11.6. The lowest BCUT2D eigenvalue weighted by atomic mass is 10.2. The van der Waals surface area contributed by atoms with Crippen molar-refractivity contribution in [3.8, 4) is 0 Å². The summed E-state index contributed by atoms with van der Waals surface area (Å²) in [5, 5.41) is 10.9. The monoisotopic (exact) mass is 299 g/mol. The van der Waals surface area contributed by atoms with E-state index in [4.69, 9.17) is 9.84 Å². The predicted octanol–water partition coefficient (Wildman–Crippen LogP) is -1.37. The molecule has 2 rings (SSSR count). The van der Waals surface area contributed by atoms with Gasteiger partial charge >= 0.3 is 12.0 Å². The first-order valence-corrected chi connectivity index (χ1v) is 6.61. The highest BCUT2D eigenvalue weighted by Gasteiger charge is 2.37. The molecule has 2 unspecified atom stereocenters. The predicted molar refractivity (Wildman–Crippen MR) is 68.3 cm³/mol. The summed E-state index contributed by atoms with van der Waals surface area (Å²) in [7, 11) is 0. The Kier molecular flexibility index (Phi) is 4.41. The molecule has 2 aliphatic heterocycles. The molecule has 2 fully saturated rings. The van der Waals surface area contributed by atoms with Crippen LogP contribution in [0.5, 0.6) is 0 Å². The summed E-state index contributed by atoms with van der Waals surface area (Å²) in [5.41, 5.74) is 0. The first kappa shape index (κ1) is 15.2. The standard InChI is InChI=1S/C12H17N3O6/c1-7-11(19)13-9(16)6-15(7)12(20)14-2-3-21-8(5-14)4-10(17)18/h7-8H,2-6H2,1H3,(H,17,18)(H,13,16,19). The van der Waals surface area contributed by atoms with E-state index in [1.165, 1.54) is 16.7 Å². The van der Waals surface area contributed by atoms with Crippen LogP contribution in [-0.4, -0.2) is 77.1 Å². The van der Waals surface area contributed by atoms with Gasteiger partial charge in [0.05, 0.1) is 19.1 Å². The number of carbonyl (C=O) groups excluding carboxylic acids is 3. The van der Waals surface area contributed by atoms with E-state index in [1.54, 1.807) is 0 Å². The van der Waals surface area contributed by atoms with Crippen LogP contribution in [0.1, 0.15) is 13.3 Å². The van der Waals surface area contributed by atoms with Gasteiger partial charge in [0.15, 0.2) is 0 Å². The van der Waals surface area contributed by atoms with Crippen molar-refractivity contribution >= 4 is 23.8 Å². The number of nitrogens with one attached hydrogen (secondary N) is 1. The van der Waals surface area contributed by atoms with Crippen LogP contribution in [0.4, 0.5) is 4.79 Å². The van der Waals surface area contributed by atoms with Crippen molar-refractivity contribution in [2.24, 2.45) is 0 Å². The Hall–Kier alpha value is -2.16. The second-order valence-corrected chi connectivity index (χ2v) is 5.04. The lowest BCUT2D eigenvalue weighted by Gasteiger charge is -2.39. The third-order valence-corrected chi connectivity index (χ3v) is 3.48. The average Bonchev–Trinajstić information content (AvgIpc) is 2.41. The van der Waals surface area contributed by atoms with Crippen molar-refractivity contribution < 1.29 is 29.0 Å². The van der Waals surface area contributed by atoms with Gasteiger partial charge in [-0.25, -0.2) is 4.79 Å². The molecule has 116 valence electrons. The van der Waals surface area contributed by atoms with Crippen molar-refractivity contribution in [2.75, 3.05) is 26.2 Å². The molecule has 0 radical (unpaired) electrons. The fourth-order valence-corrected chi connectivity index (χ4v) is 2.34. The minimum Gasteiger partial charge on any atom is -0.481 e. The van der Waals surface area contributed by atoms with Gasteiger partial charge in [-0.1, -0.05) is 0 Å². The molecule has 0 aromatic heterocycles. The van der Waals surface area contributed by atoms with Crippen molar-refractivity contribution in [1.82, 2.24) is 15.1 Å². The van der Waals surface area contributed by atoms with Crippen LogP contribution in [0.2, 0.25) is 0 Å². The minimum absolute atomic E-state index is 0.129. The van der Waals surface area contributed by atoms with Gasteiger partial charge < -0.3 is 19.6 Å². The second kappa shape index (κ2) is 6.08. The number of aliphatic carboxylic acids is 1. The number of piperazine rings is 1. The van der Waals surface area contributed by atoms with Crippen LogP contribution < -0.4 is 5.32 Å². The maximum atomic E-state index is 12.4. The fourth-order valence-electron chi connectivity index (χ4n) is 2.34. The molecule has 2 N–H and O–H groups in total. The summed E-state index contributed by atoms with van der Waals surface area (Å²) in [5.74, 6) is -2.05. The Labute approximate surface area is 120 Å². The molecule has 2 saturated heterocycles. The summed E-state index contributed by atoms with van der Waals surface area (Å²) in [6.45, 7) is 2.01. The van der Waals surface area contributed by atoms with Crippen molar-refractivity contribution in [2.45, 2.75) is 25.5 Å². The molecule has 0 spiro atoms. The topological polar surface area (TPSA) is 116 Å². The number of rotatable bonds is 2. The third-order valence-electron chi connectivity index (χ3n) is 3.48. The maximum absolute atomic E-state index is 12.4. The number of morpholine rings is 1. The number of amides is 4. The lowest BCUT2D eigenvalue weighted by molar-refractivity contribution is -0.141. The number of ether oxygens (including phenoxy) is 1. The van der Waals surface area contributed by atoms with Crippen LogP contribution in [0.3, 0.4) is 0 Å². The zero-order valence-electron chi connectivity index (χ0n) is 11.6. The van der Waals surface area contributed by atoms with Gasteiger partial charge in [-0.3, -0.25) is 19.7 Å². The first-order chi connectivity index (χ1) is 9.88. The molecule has 4 amide bonds. The Morgan fingerprint density at radius 3 is 2.81 bits per heavy atom. The van der Waals surface area contributed by atoms with Crippen LogP contribution >= 0.6 is 0 Å². The quantitative estimate of drug-likeness (QED) is 0.608. The van der Waals surface area contributed by atoms with E-state index in [0.29, 0.717) is 6.54 Å². The molecule has 0 aliphatic carbocycles. The molecular formula is C12H17N3O6. The van der Waals surface area contributed by atoms with Crippen molar-refractivity contribution in [3.05, 3.63) is 0 Å². The van der Waals surface area contributed by atoms with Crippen LogP contribution in [-0.2, 0) is 19.1 Å². The minimum atomic E-state index is -1.00. The van der Waals surface area contributed by atoms with Crippen LogP contribution in [0.15, 0.2) is 0 Å². The van der Waals surface area contributed by atoms with E-state index in [-0.39, 0.29) is 26.1 Å². The van der Waals surface area contributed by atoms with E-state index in [1.807, 2.05) is 0 Å². The Morgan fingerprint density at radius 2 is 2.14 bits per heavy atom. The normalized spacial score (nSPS) is 26.5. The summed E-state index contributed by atoms with van der Waals surface area (Å²) in [6, 6.07) is -1.19. The van der Waals surface area contributed by atoms with Gasteiger partial charge in [-0.15, -0.1) is 0 Å². The van der Waals surface area contributed by atoms with Gasteiger partial charge in [0.2, 0.25) is 11.8 Å². The fraction of sp³-hybridized carbons (Fsp3) is 0.667. The van der Waals surface area contributed by atoms with Gasteiger partial charge in [-0.05, 0) is 6.92 Å². The molecule has 0 aromatic rings. The van der Waals surface area contributed by atoms with Gasteiger partial charge in [0.1, 0.15) is 12.6 Å². The zero-order chi connectivity index (χ0) is 15.6. The van der Waals surface area contributed by atoms with Crippen LogP contribution in [0.25, 0.3) is 0 Å². The molecule has 21 heavy (non-hydrogen) atoms. The first-order valence-electron chi connectivity index (χ1n) is 6.61. The highest BCUT2D eigenvalue weighted by molar-refractivity contribution is 6.03. The van der Waals surface area contributed by atoms with E-state index in [9.17, 15) is 19.2 Å². The number of carbonyl (C=O) groups is 4. The van der Waals surface area contributed by atoms with E-state index >= 15 is 0 Å². The Balaban J connectivity index is 2.03. The van der Waals surface area contributed by atoms with Crippen LogP contribution in [0, 0.1) is 0 Å². The molecule has 2 aliphatic rings. The SMILES string of the molecule is CC1C(=O)NC(=O)CN1C(=O)N1CCOC(CC(=O)O)C1. The smallest absolute Gasteiger partial charge is 0.321 e. The summed E-state index contributed by atoms with van der Waals surface area (Å²) >= 11 is 0. The number of hydrogen-bond acceptors (Lipinski definition) is 5. The third kappa shape index (κ3) is 3.48.